The maximum absolute atomic E-state index is 4.20. The van der Waals surface area contributed by atoms with E-state index in [0.717, 1.165) is 18.9 Å². The summed E-state index contributed by atoms with van der Waals surface area (Å²) in [7, 11) is 0. The third kappa shape index (κ3) is 3.54. The number of aromatic nitrogens is 2. The molecule has 4 nitrogen and oxygen atoms in total. The summed E-state index contributed by atoms with van der Waals surface area (Å²) in [4.78, 5) is 10.9. The normalized spacial score (nSPS) is 18.8. The lowest BCUT2D eigenvalue weighted by atomic mass is 10.3. The van der Waals surface area contributed by atoms with E-state index < -0.39 is 0 Å². The molecule has 1 saturated heterocycles. The van der Waals surface area contributed by atoms with Crippen molar-refractivity contribution in [3.05, 3.63) is 24.3 Å². The van der Waals surface area contributed by atoms with Crippen molar-refractivity contribution in [1.29, 1.82) is 0 Å². The zero-order valence-corrected chi connectivity index (χ0v) is 9.89. The highest BCUT2D eigenvalue weighted by molar-refractivity contribution is 4.88. The lowest BCUT2D eigenvalue weighted by Gasteiger charge is -2.20. The zero-order valence-electron chi connectivity index (χ0n) is 9.89. The van der Waals surface area contributed by atoms with Gasteiger partial charge in [-0.2, -0.15) is 0 Å². The van der Waals surface area contributed by atoms with Gasteiger partial charge in [0, 0.05) is 25.0 Å². The largest absolute Gasteiger partial charge is 0.306 e. The summed E-state index contributed by atoms with van der Waals surface area (Å²) in [6.07, 6.45) is 6.29. The number of nitrogens with zero attached hydrogens (tertiary/aromatic N) is 3. The fraction of sp³-hybridized carbons (Fsp3) is 0.667. The van der Waals surface area contributed by atoms with Crippen LogP contribution in [0.5, 0.6) is 0 Å². The highest BCUT2D eigenvalue weighted by atomic mass is 15.2. The van der Waals surface area contributed by atoms with Crippen LogP contribution in [0.1, 0.15) is 25.6 Å². The molecule has 0 radical (unpaired) electrons. The standard InChI is InChI=1S/C12H20N4/c1-11(10-16-7-2-3-8-16)15-9-12-13-5-4-6-14-12/h4-6,11,15H,2-3,7-10H2,1H3. The van der Waals surface area contributed by atoms with Gasteiger partial charge in [0.1, 0.15) is 5.82 Å². The molecule has 2 rings (SSSR count). The van der Waals surface area contributed by atoms with Crippen LogP contribution in [0.4, 0.5) is 0 Å². The Morgan fingerprint density at radius 1 is 1.31 bits per heavy atom. The number of likely N-dealkylation sites (tertiary alicyclic amines) is 1. The van der Waals surface area contributed by atoms with Crippen LogP contribution in [0.15, 0.2) is 18.5 Å². The molecule has 0 aromatic carbocycles. The van der Waals surface area contributed by atoms with Gasteiger partial charge in [0.05, 0.1) is 6.54 Å². The van der Waals surface area contributed by atoms with Gasteiger partial charge >= 0.3 is 0 Å². The van der Waals surface area contributed by atoms with E-state index in [0.29, 0.717) is 6.04 Å². The van der Waals surface area contributed by atoms with Crippen LogP contribution in [-0.4, -0.2) is 40.5 Å². The Bertz CT molecular complexity index is 295. The Hall–Kier alpha value is -1.00. The number of hydrogen-bond acceptors (Lipinski definition) is 4. The predicted molar refractivity (Wildman–Crippen MR) is 64.0 cm³/mol. The predicted octanol–water partition coefficient (Wildman–Crippen LogP) is 1.05. The fourth-order valence-corrected chi connectivity index (χ4v) is 2.10. The highest BCUT2D eigenvalue weighted by Gasteiger charge is 2.14. The first-order valence-corrected chi connectivity index (χ1v) is 6.06. The van der Waals surface area contributed by atoms with Crippen molar-refractivity contribution in [1.82, 2.24) is 20.2 Å². The van der Waals surface area contributed by atoms with E-state index >= 15 is 0 Å². The van der Waals surface area contributed by atoms with Crippen LogP contribution in [0, 0.1) is 0 Å². The molecular formula is C12H20N4. The number of rotatable bonds is 5. The van der Waals surface area contributed by atoms with Gasteiger partial charge in [-0.05, 0) is 38.9 Å². The number of nitrogens with one attached hydrogen (secondary N) is 1. The molecule has 1 aromatic rings. The molecule has 0 bridgehead atoms. The van der Waals surface area contributed by atoms with Gasteiger partial charge in [-0.3, -0.25) is 0 Å². The molecule has 1 fully saturated rings. The maximum Gasteiger partial charge on any atom is 0.141 e. The Morgan fingerprint density at radius 3 is 2.69 bits per heavy atom. The molecule has 0 amide bonds. The molecule has 88 valence electrons. The molecule has 1 N–H and O–H groups in total. The Balaban J connectivity index is 1.69. The average molecular weight is 220 g/mol. The minimum Gasteiger partial charge on any atom is -0.306 e. The van der Waals surface area contributed by atoms with E-state index in [4.69, 9.17) is 0 Å². The van der Waals surface area contributed by atoms with Crippen molar-refractivity contribution < 1.29 is 0 Å². The molecule has 4 heteroatoms. The summed E-state index contributed by atoms with van der Waals surface area (Å²) in [5.74, 6) is 0.871. The van der Waals surface area contributed by atoms with E-state index in [1.165, 1.54) is 25.9 Å². The topological polar surface area (TPSA) is 41.0 Å². The minimum absolute atomic E-state index is 0.502. The third-order valence-electron chi connectivity index (χ3n) is 2.96. The SMILES string of the molecule is CC(CN1CCCC1)NCc1ncccn1. The van der Waals surface area contributed by atoms with Crippen LogP contribution in [0.3, 0.4) is 0 Å². The van der Waals surface area contributed by atoms with Gasteiger partial charge < -0.3 is 10.2 Å². The highest BCUT2D eigenvalue weighted by Crippen LogP contribution is 2.07. The van der Waals surface area contributed by atoms with E-state index in [1.54, 1.807) is 12.4 Å². The van der Waals surface area contributed by atoms with Crippen LogP contribution in [-0.2, 0) is 6.54 Å². The summed E-state index contributed by atoms with van der Waals surface area (Å²) >= 11 is 0. The minimum atomic E-state index is 0.502. The lowest BCUT2D eigenvalue weighted by molar-refractivity contribution is 0.297. The van der Waals surface area contributed by atoms with Crippen molar-refractivity contribution in [2.24, 2.45) is 0 Å². The monoisotopic (exact) mass is 220 g/mol. The van der Waals surface area contributed by atoms with Gasteiger partial charge in [0.15, 0.2) is 0 Å². The second-order valence-electron chi connectivity index (χ2n) is 4.45. The average Bonchev–Trinajstić information content (AvgIpc) is 2.81. The number of hydrogen-bond donors (Lipinski definition) is 1. The smallest absolute Gasteiger partial charge is 0.141 e. The van der Waals surface area contributed by atoms with Crippen molar-refractivity contribution >= 4 is 0 Å². The Morgan fingerprint density at radius 2 is 2.00 bits per heavy atom. The summed E-state index contributed by atoms with van der Waals surface area (Å²) in [6.45, 7) is 6.63. The fourth-order valence-electron chi connectivity index (χ4n) is 2.10. The van der Waals surface area contributed by atoms with E-state index in [-0.39, 0.29) is 0 Å². The summed E-state index contributed by atoms with van der Waals surface area (Å²) < 4.78 is 0. The van der Waals surface area contributed by atoms with Gasteiger partial charge in [0.25, 0.3) is 0 Å². The second kappa shape index (κ2) is 5.92. The van der Waals surface area contributed by atoms with Crippen LogP contribution < -0.4 is 5.32 Å². The molecule has 1 aromatic heterocycles. The van der Waals surface area contributed by atoms with Crippen molar-refractivity contribution in [2.45, 2.75) is 32.4 Å². The first-order valence-electron chi connectivity index (χ1n) is 6.06. The summed E-state index contributed by atoms with van der Waals surface area (Å²) in [6, 6.07) is 2.35. The van der Waals surface area contributed by atoms with Gasteiger partial charge in [-0.25, -0.2) is 9.97 Å². The van der Waals surface area contributed by atoms with Gasteiger partial charge in [-0.15, -0.1) is 0 Å². The van der Waals surface area contributed by atoms with Crippen LogP contribution in [0.25, 0.3) is 0 Å². The molecule has 16 heavy (non-hydrogen) atoms. The van der Waals surface area contributed by atoms with E-state index in [9.17, 15) is 0 Å². The Kier molecular flexibility index (Phi) is 4.25. The molecular weight excluding hydrogens is 200 g/mol. The molecule has 0 spiro atoms. The van der Waals surface area contributed by atoms with Crippen molar-refractivity contribution in [3.8, 4) is 0 Å². The van der Waals surface area contributed by atoms with Crippen LogP contribution >= 0.6 is 0 Å². The first-order chi connectivity index (χ1) is 7.84. The molecule has 0 aliphatic carbocycles. The Labute approximate surface area is 97.1 Å². The molecule has 1 atom stereocenters. The molecule has 1 unspecified atom stereocenters. The zero-order chi connectivity index (χ0) is 11.2. The lowest BCUT2D eigenvalue weighted by Crippen LogP contribution is -2.37. The van der Waals surface area contributed by atoms with Crippen molar-refractivity contribution in [3.63, 3.8) is 0 Å². The molecule has 1 aliphatic heterocycles. The maximum atomic E-state index is 4.20. The molecule has 1 aliphatic rings. The van der Waals surface area contributed by atoms with Gasteiger partial charge in [0.2, 0.25) is 0 Å². The van der Waals surface area contributed by atoms with E-state index in [1.807, 2.05) is 6.07 Å². The first kappa shape index (κ1) is 11.5. The van der Waals surface area contributed by atoms with Gasteiger partial charge in [-0.1, -0.05) is 0 Å². The summed E-state index contributed by atoms with van der Waals surface area (Å²) in [5.41, 5.74) is 0. The van der Waals surface area contributed by atoms with E-state index in [2.05, 4.69) is 27.1 Å². The third-order valence-corrected chi connectivity index (χ3v) is 2.96. The second-order valence-corrected chi connectivity index (χ2v) is 4.45. The van der Waals surface area contributed by atoms with Crippen LogP contribution in [0.2, 0.25) is 0 Å². The molecule has 0 saturated carbocycles. The summed E-state index contributed by atoms with van der Waals surface area (Å²) in [5, 5.41) is 3.46. The quantitative estimate of drug-likeness (QED) is 0.805. The molecule has 2 heterocycles. The van der Waals surface area contributed by atoms with Crippen molar-refractivity contribution in [2.75, 3.05) is 19.6 Å².